The van der Waals surface area contributed by atoms with E-state index in [1.807, 2.05) is 48.9 Å². The van der Waals surface area contributed by atoms with Crippen molar-refractivity contribution in [3.05, 3.63) is 57.8 Å². The molecule has 1 amide bonds. The van der Waals surface area contributed by atoms with Gasteiger partial charge in [-0.1, -0.05) is 12.1 Å². The van der Waals surface area contributed by atoms with Gasteiger partial charge in [0.1, 0.15) is 0 Å². The Morgan fingerprint density at radius 1 is 1.26 bits per heavy atom. The molecule has 0 unspecified atom stereocenters. The van der Waals surface area contributed by atoms with Gasteiger partial charge in [0.05, 0.1) is 0 Å². The Bertz CT molecular complexity index is 720. The molecule has 0 aliphatic carbocycles. The van der Waals surface area contributed by atoms with E-state index in [1.54, 1.807) is 24.3 Å². The Labute approximate surface area is 139 Å². The lowest BCUT2D eigenvalue weighted by Crippen LogP contribution is -2.29. The molecule has 0 fully saturated rings. The number of ether oxygens (including phenoxy) is 1. The smallest absolute Gasteiger partial charge is 0.331 e. The number of esters is 1. The molecule has 23 heavy (non-hydrogen) atoms. The van der Waals surface area contributed by atoms with Crippen LogP contribution in [0.15, 0.2) is 41.1 Å². The molecule has 2 rings (SSSR count). The molecule has 0 bridgehead atoms. The van der Waals surface area contributed by atoms with Crippen molar-refractivity contribution in [3.63, 3.8) is 0 Å². The summed E-state index contributed by atoms with van der Waals surface area (Å²) >= 11 is 1.55. The monoisotopic (exact) mass is 329 g/mol. The molecule has 0 aliphatic rings. The summed E-state index contributed by atoms with van der Waals surface area (Å²) in [6.07, 6.45) is 2.12. The standard InChI is InChI=1S/C18H19NO3S/c1-12-4-5-13(2)16(10-12)19-18(21)14(3)22-17(20)7-6-15-8-9-23-11-15/h4-11,14H,1-3H3,(H,19,21)/b7-6+/t14-/m0/s1. The van der Waals surface area contributed by atoms with Gasteiger partial charge >= 0.3 is 5.97 Å². The maximum atomic E-state index is 12.1. The Balaban J connectivity index is 1.92. The Morgan fingerprint density at radius 3 is 2.74 bits per heavy atom. The molecule has 1 N–H and O–H groups in total. The predicted molar refractivity (Wildman–Crippen MR) is 93.5 cm³/mol. The predicted octanol–water partition coefficient (Wildman–Crippen LogP) is 3.95. The maximum Gasteiger partial charge on any atom is 0.331 e. The van der Waals surface area contributed by atoms with Crippen LogP contribution >= 0.6 is 11.3 Å². The molecule has 0 aliphatic heterocycles. The number of carbonyl (C=O) groups excluding carboxylic acids is 2. The second-order valence-electron chi connectivity index (χ2n) is 5.28. The fourth-order valence-electron chi connectivity index (χ4n) is 1.91. The lowest BCUT2D eigenvalue weighted by atomic mass is 10.1. The molecule has 1 atom stereocenters. The first-order chi connectivity index (χ1) is 11.0. The van der Waals surface area contributed by atoms with Gasteiger partial charge in [0.25, 0.3) is 5.91 Å². The SMILES string of the molecule is Cc1ccc(C)c(NC(=O)[C@H](C)OC(=O)/C=C/c2ccsc2)c1. The number of anilines is 1. The van der Waals surface area contributed by atoms with Gasteiger partial charge in [0.15, 0.2) is 6.10 Å². The average molecular weight is 329 g/mol. The fraction of sp³-hybridized carbons (Fsp3) is 0.222. The van der Waals surface area contributed by atoms with Crippen molar-refractivity contribution in [2.45, 2.75) is 26.9 Å². The van der Waals surface area contributed by atoms with Crippen molar-refractivity contribution in [3.8, 4) is 0 Å². The molecular formula is C18H19NO3S. The van der Waals surface area contributed by atoms with Crippen molar-refractivity contribution in [1.29, 1.82) is 0 Å². The van der Waals surface area contributed by atoms with Crippen LogP contribution in [0.1, 0.15) is 23.6 Å². The average Bonchev–Trinajstić information content (AvgIpc) is 3.02. The Morgan fingerprint density at radius 2 is 2.04 bits per heavy atom. The lowest BCUT2D eigenvalue weighted by molar-refractivity contribution is -0.148. The number of hydrogen-bond donors (Lipinski definition) is 1. The van der Waals surface area contributed by atoms with E-state index in [9.17, 15) is 9.59 Å². The van der Waals surface area contributed by atoms with Crippen LogP contribution in [0.5, 0.6) is 0 Å². The van der Waals surface area contributed by atoms with Gasteiger partial charge in [-0.25, -0.2) is 4.79 Å². The van der Waals surface area contributed by atoms with E-state index in [-0.39, 0.29) is 5.91 Å². The van der Waals surface area contributed by atoms with Gasteiger partial charge in [-0.05, 0) is 66.4 Å². The molecule has 0 saturated carbocycles. The molecule has 120 valence electrons. The van der Waals surface area contributed by atoms with Crippen molar-refractivity contribution < 1.29 is 14.3 Å². The molecule has 4 nitrogen and oxygen atoms in total. The van der Waals surface area contributed by atoms with Crippen molar-refractivity contribution in [1.82, 2.24) is 0 Å². The first-order valence-electron chi connectivity index (χ1n) is 7.24. The lowest BCUT2D eigenvalue weighted by Gasteiger charge is -2.14. The largest absolute Gasteiger partial charge is 0.449 e. The third-order valence-corrected chi connectivity index (χ3v) is 3.97. The quantitative estimate of drug-likeness (QED) is 0.667. The molecule has 1 aromatic carbocycles. The molecule has 1 heterocycles. The minimum atomic E-state index is -0.866. The van der Waals surface area contributed by atoms with Crippen molar-refractivity contribution in [2.75, 3.05) is 5.32 Å². The van der Waals surface area contributed by atoms with E-state index in [4.69, 9.17) is 4.74 Å². The summed E-state index contributed by atoms with van der Waals surface area (Å²) < 4.78 is 5.12. The minimum absolute atomic E-state index is 0.351. The highest BCUT2D eigenvalue weighted by molar-refractivity contribution is 7.08. The van der Waals surface area contributed by atoms with E-state index >= 15 is 0 Å². The van der Waals surface area contributed by atoms with Crippen LogP contribution in [-0.4, -0.2) is 18.0 Å². The van der Waals surface area contributed by atoms with Crippen LogP contribution < -0.4 is 5.32 Å². The zero-order valence-electron chi connectivity index (χ0n) is 13.3. The molecule has 0 radical (unpaired) electrons. The van der Waals surface area contributed by atoms with Crippen LogP contribution in [0.4, 0.5) is 5.69 Å². The van der Waals surface area contributed by atoms with Crippen LogP contribution in [0.3, 0.4) is 0 Å². The fourth-order valence-corrected chi connectivity index (χ4v) is 2.53. The minimum Gasteiger partial charge on any atom is -0.449 e. The van der Waals surface area contributed by atoms with Crippen LogP contribution in [-0.2, 0) is 14.3 Å². The third kappa shape index (κ3) is 5.07. The number of hydrogen-bond acceptors (Lipinski definition) is 4. The van der Waals surface area contributed by atoms with Crippen molar-refractivity contribution >= 4 is 35.0 Å². The van der Waals surface area contributed by atoms with Crippen LogP contribution in [0.25, 0.3) is 6.08 Å². The Kier molecular flexibility index (Phi) is 5.71. The molecular weight excluding hydrogens is 310 g/mol. The molecule has 2 aromatic rings. The summed E-state index contributed by atoms with van der Waals surface area (Å²) in [5, 5.41) is 6.63. The van der Waals surface area contributed by atoms with Crippen molar-refractivity contribution in [2.24, 2.45) is 0 Å². The second-order valence-corrected chi connectivity index (χ2v) is 6.06. The summed E-state index contributed by atoms with van der Waals surface area (Å²) in [6.45, 7) is 5.42. The highest BCUT2D eigenvalue weighted by atomic mass is 32.1. The van der Waals surface area contributed by atoms with E-state index in [2.05, 4.69) is 5.32 Å². The normalized spacial score (nSPS) is 12.1. The number of aryl methyl sites for hydroxylation is 2. The Hall–Kier alpha value is -2.40. The van der Waals surface area contributed by atoms with Gasteiger partial charge in [-0.15, -0.1) is 0 Å². The van der Waals surface area contributed by atoms with Gasteiger partial charge in [0.2, 0.25) is 0 Å². The molecule has 0 saturated heterocycles. The summed E-state index contributed by atoms with van der Waals surface area (Å²) in [7, 11) is 0. The van der Waals surface area contributed by atoms with E-state index < -0.39 is 12.1 Å². The number of carbonyl (C=O) groups is 2. The number of benzene rings is 1. The molecule has 5 heteroatoms. The number of rotatable bonds is 5. The summed E-state index contributed by atoms with van der Waals surface area (Å²) in [5.41, 5.74) is 3.67. The van der Waals surface area contributed by atoms with Gasteiger partial charge in [0, 0.05) is 11.8 Å². The second kappa shape index (κ2) is 7.74. The summed E-state index contributed by atoms with van der Waals surface area (Å²) in [4.78, 5) is 23.9. The third-order valence-electron chi connectivity index (χ3n) is 3.27. The first kappa shape index (κ1) is 17.0. The highest BCUT2D eigenvalue weighted by Gasteiger charge is 2.17. The number of amides is 1. The topological polar surface area (TPSA) is 55.4 Å². The van der Waals surface area contributed by atoms with Gasteiger partial charge < -0.3 is 10.1 Å². The maximum absolute atomic E-state index is 12.1. The van der Waals surface area contributed by atoms with E-state index in [1.165, 1.54) is 6.08 Å². The van der Waals surface area contributed by atoms with Gasteiger partial charge in [-0.2, -0.15) is 11.3 Å². The molecule has 0 spiro atoms. The summed E-state index contributed by atoms with van der Waals surface area (Å²) in [5.74, 6) is -0.893. The van der Waals surface area contributed by atoms with Gasteiger partial charge in [-0.3, -0.25) is 4.79 Å². The van der Waals surface area contributed by atoms with E-state index in [0.29, 0.717) is 0 Å². The number of nitrogens with one attached hydrogen (secondary N) is 1. The zero-order chi connectivity index (χ0) is 16.8. The van der Waals surface area contributed by atoms with E-state index in [0.717, 1.165) is 22.4 Å². The zero-order valence-corrected chi connectivity index (χ0v) is 14.1. The molecule has 1 aromatic heterocycles. The van der Waals surface area contributed by atoms with Crippen LogP contribution in [0, 0.1) is 13.8 Å². The van der Waals surface area contributed by atoms with Crippen LogP contribution in [0.2, 0.25) is 0 Å². The first-order valence-corrected chi connectivity index (χ1v) is 8.19. The summed E-state index contributed by atoms with van der Waals surface area (Å²) in [6, 6.07) is 7.69. The highest BCUT2D eigenvalue weighted by Crippen LogP contribution is 2.17. The number of thiophene rings is 1.